The Morgan fingerprint density at radius 3 is 2.62 bits per heavy atom. The summed E-state index contributed by atoms with van der Waals surface area (Å²) in [6.45, 7) is 4.09. The quantitative estimate of drug-likeness (QED) is 0.636. The summed E-state index contributed by atoms with van der Waals surface area (Å²) in [6, 6.07) is 6.21. The third-order valence-electron chi connectivity index (χ3n) is 1.83. The van der Waals surface area contributed by atoms with E-state index in [1.165, 1.54) is 11.1 Å². The number of benzene rings is 1. The van der Waals surface area contributed by atoms with Crippen LogP contribution in [0, 0.1) is 13.8 Å². The molecular formula is C11H14N2. The molecule has 0 fully saturated rings. The van der Waals surface area contributed by atoms with Gasteiger partial charge in [-0.15, -0.1) is 0 Å². The van der Waals surface area contributed by atoms with E-state index in [2.05, 4.69) is 23.9 Å². The van der Waals surface area contributed by atoms with Gasteiger partial charge in [0, 0.05) is 0 Å². The van der Waals surface area contributed by atoms with Gasteiger partial charge in [-0.1, -0.05) is 29.5 Å². The molecule has 1 aromatic rings. The number of rotatable bonds is 1. The molecule has 0 aliphatic carbocycles. The van der Waals surface area contributed by atoms with E-state index in [9.17, 15) is 0 Å². The Morgan fingerprint density at radius 1 is 1.31 bits per heavy atom. The zero-order valence-corrected chi connectivity index (χ0v) is 7.96. The van der Waals surface area contributed by atoms with E-state index in [1.54, 1.807) is 6.08 Å². The number of hydrogen-bond acceptors (Lipinski definition) is 2. The first-order valence-corrected chi connectivity index (χ1v) is 4.14. The molecule has 0 amide bonds. The topological polar surface area (TPSA) is 52.0 Å². The Bertz CT molecular complexity index is 368. The number of hydrogen-bond donors (Lipinski definition) is 2. The molecule has 0 atom stereocenters. The van der Waals surface area contributed by atoms with Gasteiger partial charge in [0.05, 0.1) is 0 Å². The molecule has 0 saturated heterocycles. The van der Waals surface area contributed by atoms with Crippen LogP contribution in [0.5, 0.6) is 0 Å². The fraction of sp³-hybridized carbons (Fsp3) is 0.182. The fourth-order valence-electron chi connectivity index (χ4n) is 1.08. The van der Waals surface area contributed by atoms with Crippen LogP contribution in [0.25, 0.3) is 6.08 Å². The minimum absolute atomic E-state index is 0.209. The molecule has 1 aromatic carbocycles. The predicted octanol–water partition coefficient (Wildman–Crippen LogP) is 1.67. The Labute approximate surface area is 78.6 Å². The van der Waals surface area contributed by atoms with Crippen LogP contribution >= 0.6 is 0 Å². The second-order valence-corrected chi connectivity index (χ2v) is 3.10. The van der Waals surface area contributed by atoms with E-state index in [4.69, 9.17) is 11.5 Å². The van der Waals surface area contributed by atoms with E-state index in [1.807, 2.05) is 13.8 Å². The summed E-state index contributed by atoms with van der Waals surface area (Å²) < 4.78 is 0. The van der Waals surface area contributed by atoms with Crippen LogP contribution in [-0.4, -0.2) is 0 Å². The molecule has 0 aromatic heterocycles. The van der Waals surface area contributed by atoms with Crippen molar-refractivity contribution in [1.82, 2.24) is 0 Å². The molecule has 0 bridgehead atoms. The highest BCUT2D eigenvalue weighted by Gasteiger charge is 1.92. The van der Waals surface area contributed by atoms with Crippen LogP contribution in [0.15, 0.2) is 29.8 Å². The van der Waals surface area contributed by atoms with Crippen LogP contribution in [-0.2, 0) is 0 Å². The standard InChI is InChI=1S/C11H14N2/c1-8-3-4-9(2)10(7-8)5-6-11(12)13/h3-5,7H,12-13H2,1-2H3. The first-order valence-electron chi connectivity index (χ1n) is 4.14. The van der Waals surface area contributed by atoms with Crippen LogP contribution in [0.3, 0.4) is 0 Å². The van der Waals surface area contributed by atoms with Gasteiger partial charge in [0.15, 0.2) is 0 Å². The summed E-state index contributed by atoms with van der Waals surface area (Å²) in [5.41, 5.74) is 16.9. The van der Waals surface area contributed by atoms with Crippen molar-refractivity contribution in [3.8, 4) is 0 Å². The third kappa shape index (κ3) is 2.69. The summed E-state index contributed by atoms with van der Waals surface area (Å²) in [7, 11) is 0. The maximum atomic E-state index is 5.28. The minimum atomic E-state index is 0.209. The van der Waals surface area contributed by atoms with Crippen molar-refractivity contribution >= 4 is 6.08 Å². The molecule has 0 heterocycles. The van der Waals surface area contributed by atoms with Gasteiger partial charge in [-0.25, -0.2) is 0 Å². The van der Waals surface area contributed by atoms with Crippen LogP contribution in [0.4, 0.5) is 0 Å². The van der Waals surface area contributed by atoms with Gasteiger partial charge in [0.2, 0.25) is 0 Å². The maximum absolute atomic E-state index is 5.28. The number of nitrogens with two attached hydrogens (primary N) is 2. The molecule has 0 spiro atoms. The third-order valence-corrected chi connectivity index (χ3v) is 1.83. The lowest BCUT2D eigenvalue weighted by molar-refractivity contribution is 1.26. The average molecular weight is 174 g/mol. The lowest BCUT2D eigenvalue weighted by Gasteiger charge is -1.99. The summed E-state index contributed by atoms with van der Waals surface area (Å²) in [6.07, 6.45) is 1.80. The molecular weight excluding hydrogens is 160 g/mol. The molecule has 13 heavy (non-hydrogen) atoms. The normalized spacial score (nSPS) is 9.08. The Balaban J connectivity index is 3.15. The molecule has 68 valence electrons. The second-order valence-electron chi connectivity index (χ2n) is 3.10. The molecule has 0 unspecified atom stereocenters. The van der Waals surface area contributed by atoms with Crippen molar-refractivity contribution in [3.05, 3.63) is 46.4 Å². The molecule has 0 saturated carbocycles. The van der Waals surface area contributed by atoms with Crippen molar-refractivity contribution in [1.29, 1.82) is 0 Å². The molecule has 0 radical (unpaired) electrons. The highest BCUT2D eigenvalue weighted by atomic mass is 14.8. The highest BCUT2D eigenvalue weighted by Crippen LogP contribution is 2.11. The smallest absolute Gasteiger partial charge is 0.138 e. The first-order chi connectivity index (χ1) is 6.09. The van der Waals surface area contributed by atoms with Crippen LogP contribution in [0.2, 0.25) is 0 Å². The Morgan fingerprint density at radius 2 is 2.00 bits per heavy atom. The van der Waals surface area contributed by atoms with E-state index < -0.39 is 0 Å². The summed E-state index contributed by atoms with van der Waals surface area (Å²) in [5, 5.41) is 0. The van der Waals surface area contributed by atoms with Gasteiger partial charge < -0.3 is 11.5 Å². The molecule has 0 aliphatic rings. The second kappa shape index (κ2) is 3.83. The summed E-state index contributed by atoms with van der Waals surface area (Å²) >= 11 is 0. The molecule has 4 N–H and O–H groups in total. The van der Waals surface area contributed by atoms with Crippen LogP contribution < -0.4 is 11.5 Å². The molecule has 1 rings (SSSR count). The zero-order valence-electron chi connectivity index (χ0n) is 7.96. The average Bonchev–Trinajstić information content (AvgIpc) is 2.06. The SMILES string of the molecule is Cc1ccc(C)c(C=C=C(N)N)c1. The Kier molecular flexibility index (Phi) is 2.78. The van der Waals surface area contributed by atoms with Gasteiger partial charge in [0.1, 0.15) is 5.82 Å². The lowest BCUT2D eigenvalue weighted by Crippen LogP contribution is -2.05. The summed E-state index contributed by atoms with van der Waals surface area (Å²) in [5.74, 6) is 0.209. The van der Waals surface area contributed by atoms with Crippen molar-refractivity contribution in [2.75, 3.05) is 0 Å². The van der Waals surface area contributed by atoms with Crippen molar-refractivity contribution < 1.29 is 0 Å². The monoisotopic (exact) mass is 174 g/mol. The van der Waals surface area contributed by atoms with Gasteiger partial charge in [-0.3, -0.25) is 0 Å². The van der Waals surface area contributed by atoms with Gasteiger partial charge in [0.25, 0.3) is 0 Å². The van der Waals surface area contributed by atoms with E-state index in [0.29, 0.717) is 0 Å². The first kappa shape index (κ1) is 9.43. The van der Waals surface area contributed by atoms with Crippen LogP contribution in [0.1, 0.15) is 16.7 Å². The largest absolute Gasteiger partial charge is 0.379 e. The van der Waals surface area contributed by atoms with Gasteiger partial charge in [-0.2, -0.15) is 0 Å². The predicted molar refractivity (Wildman–Crippen MR) is 55.8 cm³/mol. The Hall–Kier alpha value is -1.66. The van der Waals surface area contributed by atoms with E-state index >= 15 is 0 Å². The summed E-state index contributed by atoms with van der Waals surface area (Å²) in [4.78, 5) is 0. The van der Waals surface area contributed by atoms with Crippen molar-refractivity contribution in [2.24, 2.45) is 11.5 Å². The molecule has 0 aliphatic heterocycles. The van der Waals surface area contributed by atoms with E-state index in [0.717, 1.165) is 5.56 Å². The van der Waals surface area contributed by atoms with Crippen molar-refractivity contribution in [2.45, 2.75) is 13.8 Å². The lowest BCUT2D eigenvalue weighted by atomic mass is 10.1. The maximum Gasteiger partial charge on any atom is 0.138 e. The molecule has 2 nitrogen and oxygen atoms in total. The van der Waals surface area contributed by atoms with Crippen molar-refractivity contribution in [3.63, 3.8) is 0 Å². The van der Waals surface area contributed by atoms with E-state index in [-0.39, 0.29) is 5.82 Å². The fourth-order valence-corrected chi connectivity index (χ4v) is 1.08. The van der Waals surface area contributed by atoms with Gasteiger partial charge in [-0.05, 0) is 31.1 Å². The minimum Gasteiger partial charge on any atom is -0.379 e. The highest BCUT2D eigenvalue weighted by molar-refractivity contribution is 5.54. The number of aryl methyl sites for hydroxylation is 2. The molecule has 2 heteroatoms. The zero-order chi connectivity index (χ0) is 9.84. The van der Waals surface area contributed by atoms with Gasteiger partial charge >= 0.3 is 0 Å².